The Bertz CT molecular complexity index is 557. The number of benzene rings is 1. The van der Waals surface area contributed by atoms with Crippen LogP contribution in [0.15, 0.2) is 47.2 Å². The van der Waals surface area contributed by atoms with Crippen molar-refractivity contribution in [3.05, 3.63) is 58.3 Å². The minimum atomic E-state index is 0.351. The molecule has 2 rings (SSSR count). The van der Waals surface area contributed by atoms with E-state index in [-0.39, 0.29) is 0 Å². The summed E-state index contributed by atoms with van der Waals surface area (Å²) in [6.07, 6.45) is 3.70. The second kappa shape index (κ2) is 6.86. The van der Waals surface area contributed by atoms with E-state index >= 15 is 0 Å². The topological polar surface area (TPSA) is 28.2 Å². The molecule has 0 radical (unpaired) electrons. The first-order valence-corrected chi connectivity index (χ1v) is 7.48. The summed E-state index contributed by atoms with van der Waals surface area (Å²) in [6, 6.07) is 10.9. The molecule has 2 aromatic rings. The van der Waals surface area contributed by atoms with Crippen molar-refractivity contribution >= 4 is 21.6 Å². The van der Waals surface area contributed by atoms with E-state index in [1.807, 2.05) is 19.3 Å². The molecule has 20 heavy (non-hydrogen) atoms. The summed E-state index contributed by atoms with van der Waals surface area (Å²) in [5.41, 5.74) is 3.66. The van der Waals surface area contributed by atoms with Crippen molar-refractivity contribution in [2.75, 3.05) is 19.0 Å². The molecule has 106 valence electrons. The number of rotatable bonds is 5. The predicted molar refractivity (Wildman–Crippen MR) is 88.0 cm³/mol. The molecule has 0 aliphatic heterocycles. The number of nitrogens with zero attached hydrogens (tertiary/aromatic N) is 2. The second-order valence-corrected chi connectivity index (χ2v) is 5.79. The Morgan fingerprint density at radius 2 is 2.15 bits per heavy atom. The Morgan fingerprint density at radius 3 is 2.75 bits per heavy atom. The van der Waals surface area contributed by atoms with Crippen LogP contribution in [0.1, 0.15) is 24.1 Å². The van der Waals surface area contributed by atoms with Gasteiger partial charge in [0.1, 0.15) is 0 Å². The van der Waals surface area contributed by atoms with Crippen LogP contribution in [0.5, 0.6) is 0 Å². The van der Waals surface area contributed by atoms with Crippen LogP contribution in [0.3, 0.4) is 0 Å². The molecule has 3 nitrogen and oxygen atoms in total. The lowest BCUT2D eigenvalue weighted by molar-refractivity contribution is 0.652. The van der Waals surface area contributed by atoms with Crippen LogP contribution in [0, 0.1) is 0 Å². The van der Waals surface area contributed by atoms with E-state index in [1.54, 1.807) is 6.20 Å². The van der Waals surface area contributed by atoms with Crippen molar-refractivity contribution in [3.63, 3.8) is 0 Å². The van der Waals surface area contributed by atoms with Crippen LogP contribution in [-0.2, 0) is 6.54 Å². The molecule has 1 aromatic heterocycles. The first-order valence-electron chi connectivity index (χ1n) is 6.68. The van der Waals surface area contributed by atoms with Crippen molar-refractivity contribution in [3.8, 4) is 0 Å². The molecule has 0 saturated carbocycles. The number of nitrogens with one attached hydrogen (secondary N) is 1. The van der Waals surface area contributed by atoms with Gasteiger partial charge in [0.15, 0.2) is 0 Å². The van der Waals surface area contributed by atoms with Gasteiger partial charge in [0.2, 0.25) is 0 Å². The average Bonchev–Trinajstić information content (AvgIpc) is 2.47. The highest BCUT2D eigenvalue weighted by Crippen LogP contribution is 2.29. The highest BCUT2D eigenvalue weighted by Gasteiger charge is 2.09. The maximum Gasteiger partial charge on any atom is 0.0511 e. The average molecular weight is 334 g/mol. The van der Waals surface area contributed by atoms with Gasteiger partial charge in [-0.3, -0.25) is 4.98 Å². The lowest BCUT2D eigenvalue weighted by Crippen LogP contribution is -2.17. The summed E-state index contributed by atoms with van der Waals surface area (Å²) >= 11 is 3.67. The van der Waals surface area contributed by atoms with Crippen molar-refractivity contribution in [2.24, 2.45) is 0 Å². The minimum absolute atomic E-state index is 0.351. The van der Waals surface area contributed by atoms with Gasteiger partial charge in [0.25, 0.3) is 0 Å². The third-order valence-electron chi connectivity index (χ3n) is 3.46. The third kappa shape index (κ3) is 3.58. The van der Waals surface area contributed by atoms with E-state index in [0.29, 0.717) is 6.04 Å². The summed E-state index contributed by atoms with van der Waals surface area (Å²) in [5.74, 6) is 0. The molecule has 0 spiro atoms. The van der Waals surface area contributed by atoms with Gasteiger partial charge in [-0.25, -0.2) is 0 Å². The first kappa shape index (κ1) is 15.0. The maximum atomic E-state index is 4.16. The second-order valence-electron chi connectivity index (χ2n) is 4.94. The van der Waals surface area contributed by atoms with Gasteiger partial charge in [-0.2, -0.15) is 0 Å². The number of pyridine rings is 1. The zero-order valence-corrected chi connectivity index (χ0v) is 13.7. The number of hydrogen-bond acceptors (Lipinski definition) is 3. The minimum Gasteiger partial charge on any atom is -0.369 e. The Hall–Kier alpha value is -1.39. The fourth-order valence-corrected chi connectivity index (χ4v) is 2.82. The molecule has 0 amide bonds. The lowest BCUT2D eigenvalue weighted by Gasteiger charge is -2.22. The van der Waals surface area contributed by atoms with Crippen LogP contribution < -0.4 is 10.2 Å². The Kier molecular flexibility index (Phi) is 5.15. The zero-order valence-electron chi connectivity index (χ0n) is 12.1. The molecule has 1 N–H and O–H groups in total. The lowest BCUT2D eigenvalue weighted by atomic mass is 10.1. The predicted octanol–water partition coefficient (Wildman–Crippen LogP) is 3.76. The largest absolute Gasteiger partial charge is 0.369 e. The summed E-state index contributed by atoms with van der Waals surface area (Å²) < 4.78 is 1.11. The van der Waals surface area contributed by atoms with Crippen molar-refractivity contribution in [1.29, 1.82) is 0 Å². The molecular weight excluding hydrogens is 314 g/mol. The molecule has 1 aromatic carbocycles. The number of aromatic nitrogens is 1. The molecule has 0 bridgehead atoms. The molecule has 1 heterocycles. The highest BCUT2D eigenvalue weighted by molar-refractivity contribution is 9.10. The molecule has 1 atom stereocenters. The van der Waals surface area contributed by atoms with Crippen molar-refractivity contribution < 1.29 is 0 Å². The van der Waals surface area contributed by atoms with Crippen LogP contribution >= 0.6 is 15.9 Å². The monoisotopic (exact) mass is 333 g/mol. The summed E-state index contributed by atoms with van der Waals surface area (Å²) in [7, 11) is 4.06. The van der Waals surface area contributed by atoms with Gasteiger partial charge >= 0.3 is 0 Å². The molecule has 0 aliphatic rings. The van der Waals surface area contributed by atoms with Crippen LogP contribution in [0.2, 0.25) is 0 Å². The van der Waals surface area contributed by atoms with Crippen LogP contribution in [-0.4, -0.2) is 19.1 Å². The van der Waals surface area contributed by atoms with Gasteiger partial charge in [-0.15, -0.1) is 0 Å². The Balaban J connectivity index is 2.16. The fourth-order valence-electron chi connectivity index (χ4n) is 2.12. The standard InChI is InChI=1S/C16H20BrN3/c1-12(18-2)14-6-7-16(15(17)9-14)20(3)11-13-5-4-8-19-10-13/h4-10,12,18H,11H2,1-3H3. The van der Waals surface area contributed by atoms with Gasteiger partial charge in [0, 0.05) is 36.5 Å². The van der Waals surface area contributed by atoms with E-state index in [9.17, 15) is 0 Å². The van der Waals surface area contributed by atoms with Crippen LogP contribution in [0.4, 0.5) is 5.69 Å². The molecule has 1 unspecified atom stereocenters. The Morgan fingerprint density at radius 1 is 1.35 bits per heavy atom. The van der Waals surface area contributed by atoms with Crippen LogP contribution in [0.25, 0.3) is 0 Å². The van der Waals surface area contributed by atoms with Gasteiger partial charge < -0.3 is 10.2 Å². The third-order valence-corrected chi connectivity index (χ3v) is 4.09. The van der Waals surface area contributed by atoms with Crippen molar-refractivity contribution in [1.82, 2.24) is 10.3 Å². The SMILES string of the molecule is CNC(C)c1ccc(N(C)Cc2cccnc2)c(Br)c1. The molecular formula is C16H20BrN3. The quantitative estimate of drug-likeness (QED) is 0.902. The molecule has 0 aliphatic carbocycles. The Labute approximate surface area is 129 Å². The van der Waals surface area contributed by atoms with Crippen molar-refractivity contribution in [2.45, 2.75) is 19.5 Å². The zero-order chi connectivity index (χ0) is 14.5. The smallest absolute Gasteiger partial charge is 0.0511 e. The molecule has 0 saturated heterocycles. The normalized spacial score (nSPS) is 12.2. The number of halogens is 1. The van der Waals surface area contributed by atoms with E-state index in [2.05, 4.69) is 69.4 Å². The summed E-state index contributed by atoms with van der Waals surface area (Å²) in [4.78, 5) is 6.37. The summed E-state index contributed by atoms with van der Waals surface area (Å²) in [5, 5.41) is 3.25. The van der Waals surface area contributed by atoms with E-state index < -0.39 is 0 Å². The maximum absolute atomic E-state index is 4.16. The van der Waals surface area contributed by atoms with E-state index in [4.69, 9.17) is 0 Å². The van der Waals surface area contributed by atoms with Gasteiger partial charge in [-0.05, 0) is 59.2 Å². The highest BCUT2D eigenvalue weighted by atomic mass is 79.9. The molecule has 0 fully saturated rings. The fraction of sp³-hybridized carbons (Fsp3) is 0.312. The van der Waals surface area contributed by atoms with Gasteiger partial charge in [-0.1, -0.05) is 12.1 Å². The first-order chi connectivity index (χ1) is 9.61. The molecule has 4 heteroatoms. The number of hydrogen-bond donors (Lipinski definition) is 1. The van der Waals surface area contributed by atoms with E-state index in [0.717, 1.165) is 11.0 Å². The van der Waals surface area contributed by atoms with E-state index in [1.165, 1.54) is 16.8 Å². The summed E-state index contributed by atoms with van der Waals surface area (Å²) in [6.45, 7) is 2.99. The van der Waals surface area contributed by atoms with Gasteiger partial charge in [0.05, 0.1) is 5.69 Å². The number of anilines is 1.